The number of nitrogens with zero attached hydrogens (tertiary/aromatic N) is 1. The lowest BCUT2D eigenvalue weighted by Gasteiger charge is -2.33. The third-order valence-corrected chi connectivity index (χ3v) is 4.84. The molecular weight excluding hydrogens is 346 g/mol. The van der Waals surface area contributed by atoms with Gasteiger partial charge in [-0.1, -0.05) is 12.1 Å². The van der Waals surface area contributed by atoms with Crippen molar-refractivity contribution in [1.29, 1.82) is 0 Å². The fourth-order valence-electron chi connectivity index (χ4n) is 3.44. The fourth-order valence-corrected chi connectivity index (χ4v) is 3.44. The molecule has 3 rings (SSSR count). The van der Waals surface area contributed by atoms with Gasteiger partial charge in [-0.05, 0) is 57.2 Å². The molecule has 0 radical (unpaired) electrons. The lowest BCUT2D eigenvalue weighted by Crippen LogP contribution is -2.41. The minimum atomic E-state index is -0.500. The lowest BCUT2D eigenvalue weighted by molar-refractivity contribution is -0.124. The summed E-state index contributed by atoms with van der Waals surface area (Å²) in [5, 5.41) is 5.39. The van der Waals surface area contributed by atoms with E-state index in [1.165, 1.54) is 5.56 Å². The highest BCUT2D eigenvalue weighted by molar-refractivity contribution is 6.06. The number of imide groups is 1. The van der Waals surface area contributed by atoms with Gasteiger partial charge in [0, 0.05) is 18.8 Å². The molecule has 1 atom stereocenters. The lowest BCUT2D eigenvalue weighted by atomic mass is 9.89. The van der Waals surface area contributed by atoms with Gasteiger partial charge in [0.1, 0.15) is 11.6 Å². The zero-order valence-electron chi connectivity index (χ0n) is 16.1. The fraction of sp³-hybridized carbons (Fsp3) is 0.550. The van der Waals surface area contributed by atoms with E-state index in [0.717, 1.165) is 18.5 Å². The summed E-state index contributed by atoms with van der Waals surface area (Å²) in [4.78, 5) is 36.8. The number of carbonyl (C=O) groups is 3. The second kappa shape index (κ2) is 7.58. The molecule has 146 valence electrons. The Labute approximate surface area is 159 Å². The molecule has 27 heavy (non-hydrogen) atoms. The van der Waals surface area contributed by atoms with Gasteiger partial charge in [0.15, 0.2) is 0 Å². The van der Waals surface area contributed by atoms with Crippen molar-refractivity contribution < 1.29 is 19.1 Å². The molecule has 0 unspecified atom stereocenters. The number of carbonyl (C=O) groups excluding carboxylic acids is 3. The molecule has 0 saturated carbocycles. The van der Waals surface area contributed by atoms with Gasteiger partial charge in [-0.25, -0.2) is 4.79 Å². The first-order valence-corrected chi connectivity index (χ1v) is 9.39. The average Bonchev–Trinajstić information content (AvgIpc) is 2.91. The van der Waals surface area contributed by atoms with Crippen molar-refractivity contribution in [1.82, 2.24) is 10.2 Å². The Morgan fingerprint density at radius 2 is 1.78 bits per heavy atom. The monoisotopic (exact) mass is 373 g/mol. The number of hydrogen-bond acceptors (Lipinski definition) is 5. The second-order valence-electron chi connectivity index (χ2n) is 8.18. The van der Waals surface area contributed by atoms with Crippen LogP contribution in [-0.4, -0.2) is 47.5 Å². The molecular formula is C20H27N3O4. The Morgan fingerprint density at radius 1 is 1.15 bits per heavy atom. The Hall–Kier alpha value is -2.57. The van der Waals surface area contributed by atoms with Gasteiger partial charge in [-0.15, -0.1) is 0 Å². The van der Waals surface area contributed by atoms with Crippen molar-refractivity contribution in [2.45, 2.75) is 57.6 Å². The van der Waals surface area contributed by atoms with E-state index in [9.17, 15) is 14.4 Å². The standard InChI is InChI=1S/C20H27N3O4/c1-20(2,3)27-19(26)23-10-8-14(9-11-23)13-4-6-15(7-5-13)21-16-12-17(24)22-18(16)25/h4-7,14,16,21H,8-12H2,1-3H3,(H,22,24,25)/t16-/m0/s1. The van der Waals surface area contributed by atoms with Gasteiger partial charge >= 0.3 is 6.09 Å². The van der Waals surface area contributed by atoms with Gasteiger partial charge < -0.3 is 15.0 Å². The van der Waals surface area contributed by atoms with Crippen molar-refractivity contribution in [3.63, 3.8) is 0 Å². The smallest absolute Gasteiger partial charge is 0.410 e. The van der Waals surface area contributed by atoms with Gasteiger partial charge in [-0.2, -0.15) is 0 Å². The molecule has 7 nitrogen and oxygen atoms in total. The summed E-state index contributed by atoms with van der Waals surface area (Å²) < 4.78 is 5.44. The summed E-state index contributed by atoms with van der Waals surface area (Å²) in [7, 11) is 0. The van der Waals surface area contributed by atoms with Crippen LogP contribution in [0, 0.1) is 0 Å². The first-order valence-electron chi connectivity index (χ1n) is 9.39. The average molecular weight is 373 g/mol. The molecule has 2 aliphatic rings. The maximum atomic E-state index is 12.2. The van der Waals surface area contributed by atoms with Crippen LogP contribution in [0.4, 0.5) is 10.5 Å². The van der Waals surface area contributed by atoms with Crippen LogP contribution < -0.4 is 10.6 Å². The number of nitrogens with one attached hydrogen (secondary N) is 2. The zero-order chi connectivity index (χ0) is 19.6. The number of anilines is 1. The van der Waals surface area contributed by atoms with E-state index < -0.39 is 11.6 Å². The van der Waals surface area contributed by atoms with E-state index in [1.54, 1.807) is 4.90 Å². The van der Waals surface area contributed by atoms with Crippen LogP contribution in [0.3, 0.4) is 0 Å². The summed E-state index contributed by atoms with van der Waals surface area (Å²) in [5.41, 5.74) is 1.56. The number of likely N-dealkylation sites (tertiary alicyclic amines) is 1. The molecule has 2 aliphatic heterocycles. The normalized spacial score (nSPS) is 21.1. The highest BCUT2D eigenvalue weighted by Gasteiger charge is 2.30. The predicted octanol–water partition coefficient (Wildman–Crippen LogP) is 2.63. The molecule has 2 N–H and O–H groups in total. The van der Waals surface area contributed by atoms with Crippen LogP contribution >= 0.6 is 0 Å². The molecule has 2 heterocycles. The number of hydrogen-bond donors (Lipinski definition) is 2. The number of ether oxygens (including phenoxy) is 1. The van der Waals surface area contributed by atoms with Crippen LogP contribution in [0.2, 0.25) is 0 Å². The highest BCUT2D eigenvalue weighted by Crippen LogP contribution is 2.29. The van der Waals surface area contributed by atoms with Crippen LogP contribution in [0.1, 0.15) is 51.5 Å². The second-order valence-corrected chi connectivity index (χ2v) is 8.18. The number of benzene rings is 1. The van der Waals surface area contributed by atoms with Crippen LogP contribution in [-0.2, 0) is 14.3 Å². The third kappa shape index (κ3) is 4.99. The van der Waals surface area contributed by atoms with Crippen LogP contribution in [0.25, 0.3) is 0 Å². The number of piperidine rings is 1. The largest absolute Gasteiger partial charge is 0.444 e. The topological polar surface area (TPSA) is 87.7 Å². The summed E-state index contributed by atoms with van der Waals surface area (Å²) in [6.07, 6.45) is 1.71. The van der Waals surface area contributed by atoms with Crippen LogP contribution in [0.5, 0.6) is 0 Å². The Morgan fingerprint density at radius 3 is 2.30 bits per heavy atom. The van der Waals surface area contributed by atoms with E-state index in [2.05, 4.69) is 10.6 Å². The van der Waals surface area contributed by atoms with Gasteiger partial charge in [0.2, 0.25) is 11.8 Å². The quantitative estimate of drug-likeness (QED) is 0.796. The van der Waals surface area contributed by atoms with E-state index in [0.29, 0.717) is 19.0 Å². The SMILES string of the molecule is CC(C)(C)OC(=O)N1CCC(c2ccc(N[C@H]3CC(=O)NC3=O)cc2)CC1. The summed E-state index contributed by atoms with van der Waals surface area (Å²) >= 11 is 0. The molecule has 0 aromatic heterocycles. The van der Waals surface area contributed by atoms with Crippen molar-refractivity contribution in [3.05, 3.63) is 29.8 Å². The van der Waals surface area contributed by atoms with E-state index in [4.69, 9.17) is 4.74 Å². The van der Waals surface area contributed by atoms with Gasteiger partial charge in [-0.3, -0.25) is 14.9 Å². The third-order valence-electron chi connectivity index (χ3n) is 4.84. The summed E-state index contributed by atoms with van der Waals surface area (Å²) in [6.45, 7) is 6.99. The van der Waals surface area contributed by atoms with E-state index >= 15 is 0 Å². The Bertz CT molecular complexity index is 716. The minimum absolute atomic E-state index is 0.170. The zero-order valence-corrected chi connectivity index (χ0v) is 16.1. The van der Waals surface area contributed by atoms with Crippen molar-refractivity contribution in [2.75, 3.05) is 18.4 Å². The van der Waals surface area contributed by atoms with E-state index in [1.807, 2.05) is 45.0 Å². The maximum Gasteiger partial charge on any atom is 0.410 e. The first-order chi connectivity index (χ1) is 12.7. The molecule has 0 aliphatic carbocycles. The first kappa shape index (κ1) is 19.2. The van der Waals surface area contributed by atoms with Crippen molar-refractivity contribution in [2.24, 2.45) is 0 Å². The summed E-state index contributed by atoms with van der Waals surface area (Å²) in [5.74, 6) is -0.126. The van der Waals surface area contributed by atoms with Crippen LogP contribution in [0.15, 0.2) is 24.3 Å². The van der Waals surface area contributed by atoms with Crippen molar-refractivity contribution in [3.8, 4) is 0 Å². The molecule has 0 bridgehead atoms. The molecule has 3 amide bonds. The highest BCUT2D eigenvalue weighted by atomic mass is 16.6. The van der Waals surface area contributed by atoms with Gasteiger partial charge in [0.05, 0.1) is 6.42 Å². The minimum Gasteiger partial charge on any atom is -0.444 e. The predicted molar refractivity (Wildman–Crippen MR) is 101 cm³/mol. The molecule has 1 aromatic carbocycles. The molecule has 1 aromatic rings. The Balaban J connectivity index is 1.52. The molecule has 2 saturated heterocycles. The Kier molecular flexibility index (Phi) is 5.39. The maximum absolute atomic E-state index is 12.2. The molecule has 0 spiro atoms. The summed E-state index contributed by atoms with van der Waals surface area (Å²) in [6, 6.07) is 7.47. The molecule has 2 fully saturated rings. The molecule has 7 heteroatoms. The number of rotatable bonds is 3. The van der Waals surface area contributed by atoms with E-state index in [-0.39, 0.29) is 24.3 Å². The van der Waals surface area contributed by atoms with Gasteiger partial charge in [0.25, 0.3) is 0 Å². The van der Waals surface area contributed by atoms with Crippen molar-refractivity contribution >= 4 is 23.6 Å². The number of amides is 3.